The van der Waals surface area contributed by atoms with Crippen molar-refractivity contribution in [3.63, 3.8) is 0 Å². The summed E-state index contributed by atoms with van der Waals surface area (Å²) in [5, 5.41) is 10.5. The largest absolute Gasteiger partial charge is 0.497 e. The fourth-order valence-electron chi connectivity index (χ4n) is 3.20. The molecule has 0 saturated heterocycles. The van der Waals surface area contributed by atoms with Crippen LogP contribution in [0.3, 0.4) is 0 Å². The molecule has 8 heteroatoms. The second kappa shape index (κ2) is 9.57. The monoisotopic (exact) mass is 450 g/mol. The third-order valence-electron chi connectivity index (χ3n) is 4.79. The van der Waals surface area contributed by atoms with Crippen LogP contribution in [-0.2, 0) is 0 Å². The minimum Gasteiger partial charge on any atom is -0.497 e. The lowest BCUT2D eigenvalue weighted by molar-refractivity contribution is 0.324. The zero-order valence-corrected chi connectivity index (χ0v) is 18.9. The summed E-state index contributed by atoms with van der Waals surface area (Å²) >= 11 is 1.54. The highest BCUT2D eigenvalue weighted by atomic mass is 32.1. The van der Waals surface area contributed by atoms with Crippen LogP contribution in [0.2, 0.25) is 0 Å². The molecule has 0 amide bonds. The van der Waals surface area contributed by atoms with Gasteiger partial charge in [-0.05, 0) is 52.9 Å². The van der Waals surface area contributed by atoms with E-state index in [2.05, 4.69) is 10.2 Å². The van der Waals surface area contributed by atoms with Crippen LogP contribution in [0.1, 0.15) is 17.0 Å². The maximum atomic E-state index is 6.05. The van der Waals surface area contributed by atoms with Crippen LogP contribution in [0, 0.1) is 0 Å². The van der Waals surface area contributed by atoms with Crippen LogP contribution >= 0.6 is 11.3 Å². The van der Waals surface area contributed by atoms with E-state index >= 15 is 0 Å². The molecule has 0 atom stereocenters. The normalized spacial score (nSPS) is 11.3. The molecule has 2 aromatic carbocycles. The molecular formula is C24H22N2O5S. The maximum Gasteiger partial charge on any atom is 0.258 e. The molecule has 0 fully saturated rings. The van der Waals surface area contributed by atoms with Gasteiger partial charge in [-0.15, -0.1) is 21.5 Å². The molecule has 0 N–H and O–H groups in total. The highest BCUT2D eigenvalue weighted by molar-refractivity contribution is 7.13. The lowest BCUT2D eigenvalue weighted by Gasteiger charge is -2.15. The van der Waals surface area contributed by atoms with E-state index in [1.807, 2.05) is 60.0 Å². The first-order valence-electron chi connectivity index (χ1n) is 9.70. The van der Waals surface area contributed by atoms with Crippen molar-refractivity contribution in [2.75, 3.05) is 28.4 Å². The van der Waals surface area contributed by atoms with E-state index in [1.165, 1.54) is 11.3 Å². The molecule has 0 spiro atoms. The predicted octanol–water partition coefficient (Wildman–Crippen LogP) is 5.42. The summed E-state index contributed by atoms with van der Waals surface area (Å²) in [4.78, 5) is 0.900. The number of aromatic nitrogens is 2. The van der Waals surface area contributed by atoms with E-state index in [-0.39, 0.29) is 0 Å². The molecule has 2 aromatic heterocycles. The van der Waals surface area contributed by atoms with E-state index in [1.54, 1.807) is 28.4 Å². The van der Waals surface area contributed by atoms with Gasteiger partial charge in [0.25, 0.3) is 5.89 Å². The van der Waals surface area contributed by atoms with Gasteiger partial charge in [0.05, 0.1) is 33.3 Å². The number of rotatable bonds is 8. The highest BCUT2D eigenvalue weighted by Gasteiger charge is 2.20. The zero-order chi connectivity index (χ0) is 22.5. The smallest absolute Gasteiger partial charge is 0.258 e. The van der Waals surface area contributed by atoms with Crippen molar-refractivity contribution in [3.8, 4) is 33.8 Å². The molecule has 2 heterocycles. The minimum atomic E-state index is 0.374. The molecule has 7 nitrogen and oxygen atoms in total. The van der Waals surface area contributed by atoms with Crippen LogP contribution in [0.5, 0.6) is 23.0 Å². The van der Waals surface area contributed by atoms with Gasteiger partial charge in [-0.2, -0.15) is 0 Å². The Bertz CT molecular complexity index is 1190. The Balaban J connectivity index is 1.87. The van der Waals surface area contributed by atoms with Gasteiger partial charge in [-0.25, -0.2) is 0 Å². The van der Waals surface area contributed by atoms with Crippen molar-refractivity contribution < 1.29 is 23.4 Å². The Morgan fingerprint density at radius 2 is 1.59 bits per heavy atom. The summed E-state index contributed by atoms with van der Waals surface area (Å²) in [6.45, 7) is 0. The summed E-state index contributed by atoms with van der Waals surface area (Å²) in [7, 11) is 6.36. The third kappa shape index (κ3) is 4.31. The van der Waals surface area contributed by atoms with Crippen LogP contribution in [0.4, 0.5) is 0 Å². The number of ether oxygens (including phenoxy) is 4. The molecule has 164 valence electrons. The summed E-state index contributed by atoms with van der Waals surface area (Å²) in [5.41, 5.74) is 2.42. The maximum absolute atomic E-state index is 6.05. The minimum absolute atomic E-state index is 0.374. The first kappa shape index (κ1) is 21.5. The molecule has 0 unspecified atom stereocenters. The Kier molecular flexibility index (Phi) is 6.42. The van der Waals surface area contributed by atoms with Gasteiger partial charge < -0.3 is 23.4 Å². The summed E-state index contributed by atoms with van der Waals surface area (Å²) < 4.78 is 27.8. The van der Waals surface area contributed by atoms with Crippen LogP contribution in [0.15, 0.2) is 58.3 Å². The van der Waals surface area contributed by atoms with Gasteiger partial charge in [-0.3, -0.25) is 0 Å². The van der Waals surface area contributed by atoms with Crippen LogP contribution in [-0.4, -0.2) is 38.6 Å². The number of nitrogens with zero attached hydrogens (tertiary/aromatic N) is 2. The fraction of sp³-hybridized carbons (Fsp3) is 0.167. The lowest BCUT2D eigenvalue weighted by Crippen LogP contribution is -1.98. The van der Waals surface area contributed by atoms with Gasteiger partial charge >= 0.3 is 0 Å². The van der Waals surface area contributed by atoms with Crippen LogP contribution < -0.4 is 18.9 Å². The third-order valence-corrected chi connectivity index (χ3v) is 5.65. The van der Waals surface area contributed by atoms with E-state index in [4.69, 9.17) is 23.4 Å². The number of thiophene rings is 1. The number of benzene rings is 2. The molecule has 0 bridgehead atoms. The van der Waals surface area contributed by atoms with Gasteiger partial charge in [0.2, 0.25) is 11.6 Å². The van der Waals surface area contributed by atoms with Gasteiger partial charge in [0, 0.05) is 5.57 Å². The number of hydrogen-bond donors (Lipinski definition) is 0. The second-order valence-electron chi connectivity index (χ2n) is 6.63. The zero-order valence-electron chi connectivity index (χ0n) is 18.1. The van der Waals surface area contributed by atoms with E-state index in [0.29, 0.717) is 34.6 Å². The van der Waals surface area contributed by atoms with Crippen LogP contribution in [0.25, 0.3) is 22.4 Å². The van der Waals surface area contributed by atoms with Gasteiger partial charge in [-0.1, -0.05) is 18.2 Å². The van der Waals surface area contributed by atoms with E-state index < -0.39 is 0 Å². The number of methoxy groups -OCH3 is 4. The Hall–Kier alpha value is -3.78. The molecule has 4 aromatic rings. The van der Waals surface area contributed by atoms with Crippen molar-refractivity contribution in [3.05, 3.63) is 70.9 Å². The molecule has 0 aliphatic carbocycles. The highest BCUT2D eigenvalue weighted by Crippen LogP contribution is 2.41. The molecule has 0 aliphatic heterocycles. The summed E-state index contributed by atoms with van der Waals surface area (Å²) in [5.74, 6) is 3.17. The SMILES string of the molecule is COc1ccc(/C=C(\c2cc(OC)c(OC)c(OC)c2)c2nnc(-c3cccs3)o2)cc1. The summed E-state index contributed by atoms with van der Waals surface area (Å²) in [6.07, 6.45) is 1.96. The van der Waals surface area contributed by atoms with Crippen molar-refractivity contribution in [2.24, 2.45) is 0 Å². The molecular weight excluding hydrogens is 428 g/mol. The molecule has 0 saturated carbocycles. The number of hydrogen-bond acceptors (Lipinski definition) is 8. The molecule has 0 radical (unpaired) electrons. The Labute approximate surface area is 189 Å². The first-order valence-corrected chi connectivity index (χ1v) is 10.6. The quantitative estimate of drug-likeness (QED) is 0.332. The lowest BCUT2D eigenvalue weighted by atomic mass is 10.0. The van der Waals surface area contributed by atoms with Crippen molar-refractivity contribution in [2.45, 2.75) is 0 Å². The molecule has 4 rings (SSSR count). The Morgan fingerprint density at radius 1 is 0.875 bits per heavy atom. The van der Waals surface area contributed by atoms with Gasteiger partial charge in [0.1, 0.15) is 5.75 Å². The average molecular weight is 451 g/mol. The van der Waals surface area contributed by atoms with E-state index in [9.17, 15) is 0 Å². The van der Waals surface area contributed by atoms with E-state index in [0.717, 1.165) is 21.8 Å². The Morgan fingerprint density at radius 3 is 2.16 bits per heavy atom. The van der Waals surface area contributed by atoms with Crippen molar-refractivity contribution in [1.29, 1.82) is 0 Å². The molecule has 32 heavy (non-hydrogen) atoms. The average Bonchev–Trinajstić information content (AvgIpc) is 3.54. The second-order valence-corrected chi connectivity index (χ2v) is 7.58. The predicted molar refractivity (Wildman–Crippen MR) is 124 cm³/mol. The van der Waals surface area contributed by atoms with Crippen molar-refractivity contribution in [1.82, 2.24) is 10.2 Å². The summed E-state index contributed by atoms with van der Waals surface area (Å²) in [6, 6.07) is 15.3. The first-order chi connectivity index (χ1) is 15.7. The topological polar surface area (TPSA) is 75.8 Å². The molecule has 0 aliphatic rings. The standard InChI is InChI=1S/C24H22N2O5S/c1-27-17-9-7-15(8-10-17)12-18(23-25-26-24(31-23)21-6-5-11-32-21)16-13-19(28-2)22(30-4)20(14-16)29-3/h5-14H,1-4H3/b18-12+. The fourth-order valence-corrected chi connectivity index (χ4v) is 3.85. The van der Waals surface area contributed by atoms with Crippen molar-refractivity contribution >= 4 is 23.0 Å². The van der Waals surface area contributed by atoms with Gasteiger partial charge in [0.15, 0.2) is 11.5 Å².